The summed E-state index contributed by atoms with van der Waals surface area (Å²) < 4.78 is 21.3. The summed E-state index contributed by atoms with van der Waals surface area (Å²) in [4.78, 5) is 11.2. The molecule has 0 bridgehead atoms. The number of rotatable bonds is 4. The molecular formula is C17H20FN5O. The van der Waals surface area contributed by atoms with E-state index in [1.165, 1.54) is 6.07 Å². The molecule has 126 valence electrons. The highest BCUT2D eigenvalue weighted by atomic mass is 19.1. The third-order valence-corrected chi connectivity index (χ3v) is 4.67. The smallest absolute Gasteiger partial charge is 0.223 e. The van der Waals surface area contributed by atoms with E-state index in [2.05, 4.69) is 31.5 Å². The Hall–Kier alpha value is -2.28. The van der Waals surface area contributed by atoms with E-state index in [0.29, 0.717) is 18.0 Å². The lowest BCUT2D eigenvalue weighted by molar-refractivity contribution is 0.226. The second-order valence-electron chi connectivity index (χ2n) is 6.18. The van der Waals surface area contributed by atoms with Gasteiger partial charge in [0.2, 0.25) is 5.89 Å². The normalized spacial score (nSPS) is 18.7. The van der Waals surface area contributed by atoms with Crippen molar-refractivity contribution in [3.8, 4) is 0 Å². The number of aryl methyl sites for hydroxylation is 2. The number of benzene rings is 1. The third-order valence-electron chi connectivity index (χ3n) is 4.67. The zero-order valence-corrected chi connectivity index (χ0v) is 13.9. The van der Waals surface area contributed by atoms with Crippen LogP contribution in [0.25, 0.3) is 11.0 Å². The van der Waals surface area contributed by atoms with Gasteiger partial charge in [-0.05, 0) is 38.4 Å². The maximum atomic E-state index is 14.1. The van der Waals surface area contributed by atoms with E-state index in [9.17, 15) is 4.39 Å². The van der Waals surface area contributed by atoms with Gasteiger partial charge in [0.1, 0.15) is 11.3 Å². The van der Waals surface area contributed by atoms with E-state index in [0.717, 1.165) is 43.1 Å². The Morgan fingerprint density at radius 1 is 1.33 bits per heavy atom. The highest BCUT2D eigenvalue weighted by Gasteiger charge is 2.31. The number of hydrogen-bond acceptors (Lipinski definition) is 5. The van der Waals surface area contributed by atoms with Crippen molar-refractivity contribution >= 4 is 11.0 Å². The molecule has 3 heterocycles. The molecule has 1 saturated heterocycles. The molecule has 1 atom stereocenters. The molecule has 2 aromatic heterocycles. The Bertz CT molecular complexity index is 871. The summed E-state index contributed by atoms with van der Waals surface area (Å²) in [5.41, 5.74) is 1.29. The van der Waals surface area contributed by atoms with Gasteiger partial charge in [-0.3, -0.25) is 4.90 Å². The molecule has 0 spiro atoms. The Morgan fingerprint density at radius 2 is 2.21 bits per heavy atom. The number of halogens is 1. The SMILES string of the molecule is CCn1c(CN2CCC[C@@H]2c2noc(C)n2)nc2c(F)cccc21. The zero-order chi connectivity index (χ0) is 16.7. The first-order chi connectivity index (χ1) is 11.7. The number of hydrogen-bond donors (Lipinski definition) is 0. The molecule has 1 aromatic carbocycles. The quantitative estimate of drug-likeness (QED) is 0.735. The van der Waals surface area contributed by atoms with Gasteiger partial charge in [-0.15, -0.1) is 0 Å². The second kappa shape index (κ2) is 5.98. The average molecular weight is 329 g/mol. The van der Waals surface area contributed by atoms with Crippen molar-refractivity contribution in [2.24, 2.45) is 0 Å². The van der Waals surface area contributed by atoms with E-state index >= 15 is 0 Å². The van der Waals surface area contributed by atoms with Crippen molar-refractivity contribution in [2.45, 2.75) is 45.8 Å². The lowest BCUT2D eigenvalue weighted by Gasteiger charge is -2.21. The van der Waals surface area contributed by atoms with Crippen molar-refractivity contribution < 1.29 is 8.91 Å². The van der Waals surface area contributed by atoms with Gasteiger partial charge >= 0.3 is 0 Å². The molecule has 4 rings (SSSR count). The Balaban J connectivity index is 1.67. The van der Waals surface area contributed by atoms with Gasteiger partial charge in [-0.1, -0.05) is 11.2 Å². The molecular weight excluding hydrogens is 309 g/mol. The summed E-state index contributed by atoms with van der Waals surface area (Å²) in [6, 6.07) is 5.25. The lowest BCUT2D eigenvalue weighted by atomic mass is 10.2. The van der Waals surface area contributed by atoms with Crippen LogP contribution in [0.5, 0.6) is 0 Å². The maximum Gasteiger partial charge on any atom is 0.223 e. The molecule has 7 heteroatoms. The fourth-order valence-electron chi connectivity index (χ4n) is 3.57. The van der Waals surface area contributed by atoms with Crippen LogP contribution in [0.2, 0.25) is 0 Å². The first-order valence-corrected chi connectivity index (χ1v) is 8.35. The summed E-state index contributed by atoms with van der Waals surface area (Å²) in [7, 11) is 0. The minimum atomic E-state index is -0.271. The average Bonchev–Trinajstić information content (AvgIpc) is 3.26. The number of imidazole rings is 1. The minimum Gasteiger partial charge on any atom is -0.340 e. The number of para-hydroxylation sites is 1. The van der Waals surface area contributed by atoms with Crippen molar-refractivity contribution in [1.29, 1.82) is 0 Å². The Labute approximate surface area is 139 Å². The Morgan fingerprint density at radius 3 is 2.96 bits per heavy atom. The highest BCUT2D eigenvalue weighted by Crippen LogP contribution is 2.32. The van der Waals surface area contributed by atoms with Gasteiger partial charge in [0.15, 0.2) is 11.6 Å². The van der Waals surface area contributed by atoms with Gasteiger partial charge in [-0.25, -0.2) is 9.37 Å². The number of likely N-dealkylation sites (tertiary alicyclic amines) is 1. The molecule has 1 fully saturated rings. The van der Waals surface area contributed by atoms with Crippen LogP contribution in [-0.2, 0) is 13.1 Å². The van der Waals surface area contributed by atoms with Crippen molar-refractivity contribution in [1.82, 2.24) is 24.6 Å². The van der Waals surface area contributed by atoms with Crippen molar-refractivity contribution in [3.05, 3.63) is 41.6 Å². The van der Waals surface area contributed by atoms with Gasteiger partial charge < -0.3 is 9.09 Å². The molecule has 6 nitrogen and oxygen atoms in total. The molecule has 3 aromatic rings. The molecule has 0 N–H and O–H groups in total. The first kappa shape index (κ1) is 15.3. The third kappa shape index (κ3) is 2.49. The molecule has 24 heavy (non-hydrogen) atoms. The summed E-state index contributed by atoms with van der Waals surface area (Å²) in [6.45, 7) is 6.22. The van der Waals surface area contributed by atoms with Crippen LogP contribution in [0.1, 0.15) is 43.3 Å². The van der Waals surface area contributed by atoms with E-state index in [1.807, 2.05) is 6.07 Å². The van der Waals surface area contributed by atoms with Crippen LogP contribution in [0.3, 0.4) is 0 Å². The largest absolute Gasteiger partial charge is 0.340 e. The topological polar surface area (TPSA) is 60.0 Å². The monoisotopic (exact) mass is 329 g/mol. The second-order valence-corrected chi connectivity index (χ2v) is 6.18. The lowest BCUT2D eigenvalue weighted by Crippen LogP contribution is -2.25. The number of nitrogens with zero attached hydrogens (tertiary/aromatic N) is 5. The highest BCUT2D eigenvalue weighted by molar-refractivity contribution is 5.76. The van der Waals surface area contributed by atoms with Crippen LogP contribution in [-0.4, -0.2) is 31.1 Å². The molecule has 0 unspecified atom stereocenters. The fourth-order valence-corrected chi connectivity index (χ4v) is 3.57. The van der Waals surface area contributed by atoms with E-state index in [1.54, 1.807) is 13.0 Å². The molecule has 0 amide bonds. The summed E-state index contributed by atoms with van der Waals surface area (Å²) in [5.74, 6) is 1.92. The van der Waals surface area contributed by atoms with Crippen LogP contribution in [0.15, 0.2) is 22.7 Å². The van der Waals surface area contributed by atoms with E-state index in [-0.39, 0.29) is 11.9 Å². The Kier molecular flexibility index (Phi) is 3.80. The van der Waals surface area contributed by atoms with Gasteiger partial charge in [-0.2, -0.15) is 4.98 Å². The van der Waals surface area contributed by atoms with Crippen LogP contribution in [0, 0.1) is 12.7 Å². The van der Waals surface area contributed by atoms with Gasteiger partial charge in [0.25, 0.3) is 0 Å². The van der Waals surface area contributed by atoms with Gasteiger partial charge in [0, 0.05) is 13.5 Å². The van der Waals surface area contributed by atoms with Crippen LogP contribution < -0.4 is 0 Å². The molecule has 0 saturated carbocycles. The van der Waals surface area contributed by atoms with Crippen molar-refractivity contribution in [3.63, 3.8) is 0 Å². The maximum absolute atomic E-state index is 14.1. The first-order valence-electron chi connectivity index (χ1n) is 8.35. The van der Waals surface area contributed by atoms with E-state index < -0.39 is 0 Å². The minimum absolute atomic E-state index is 0.136. The molecule has 0 aliphatic carbocycles. The molecule has 1 aliphatic rings. The number of fused-ring (bicyclic) bond motifs is 1. The zero-order valence-electron chi connectivity index (χ0n) is 13.9. The molecule has 0 radical (unpaired) electrons. The predicted molar refractivity (Wildman–Crippen MR) is 86.8 cm³/mol. The van der Waals surface area contributed by atoms with Crippen molar-refractivity contribution in [2.75, 3.05) is 6.54 Å². The standard InChI is InChI=1S/C17H20FN5O/c1-3-23-13-7-4-6-12(18)16(13)20-15(23)10-22-9-5-8-14(22)17-19-11(2)24-21-17/h4,6-7,14H,3,5,8-10H2,1-2H3/t14-/m1/s1. The fraction of sp³-hybridized carbons (Fsp3) is 0.471. The van der Waals surface area contributed by atoms with Crippen LogP contribution >= 0.6 is 0 Å². The summed E-state index contributed by atoms with van der Waals surface area (Å²) in [5, 5.41) is 4.07. The predicted octanol–water partition coefficient (Wildman–Crippen LogP) is 3.22. The summed E-state index contributed by atoms with van der Waals surface area (Å²) >= 11 is 0. The van der Waals surface area contributed by atoms with Gasteiger partial charge in [0.05, 0.1) is 18.1 Å². The van der Waals surface area contributed by atoms with Crippen LogP contribution in [0.4, 0.5) is 4.39 Å². The molecule has 1 aliphatic heterocycles. The number of aromatic nitrogens is 4. The van der Waals surface area contributed by atoms with E-state index in [4.69, 9.17) is 4.52 Å². The summed E-state index contributed by atoms with van der Waals surface area (Å²) in [6.07, 6.45) is 2.08.